The van der Waals surface area contributed by atoms with E-state index in [1.807, 2.05) is 6.08 Å². The third-order valence-electron chi connectivity index (χ3n) is 2.90. The van der Waals surface area contributed by atoms with Crippen molar-refractivity contribution in [3.63, 3.8) is 0 Å². The van der Waals surface area contributed by atoms with Crippen molar-refractivity contribution in [2.75, 3.05) is 13.6 Å². The van der Waals surface area contributed by atoms with Crippen LogP contribution in [0.4, 0.5) is 0 Å². The molecule has 0 bridgehead atoms. The number of nitrogens with zero attached hydrogens (tertiary/aromatic N) is 1. The van der Waals surface area contributed by atoms with Crippen molar-refractivity contribution in [1.29, 1.82) is 0 Å². The van der Waals surface area contributed by atoms with Crippen LogP contribution in [0.5, 0.6) is 0 Å². The third kappa shape index (κ3) is 1.31. The Kier molecular flexibility index (Phi) is 2.01. The van der Waals surface area contributed by atoms with E-state index in [2.05, 4.69) is 11.9 Å². The third-order valence-corrected chi connectivity index (χ3v) is 2.90. The molecule has 0 aromatic heterocycles. The Hall–Kier alpha value is -0.630. The lowest BCUT2D eigenvalue weighted by molar-refractivity contribution is -0.116. The zero-order valence-electron chi connectivity index (χ0n) is 7.55. The van der Waals surface area contributed by atoms with E-state index in [1.54, 1.807) is 0 Å². The number of hydrogen-bond acceptors (Lipinski definition) is 2. The predicted molar refractivity (Wildman–Crippen MR) is 48.0 cm³/mol. The van der Waals surface area contributed by atoms with Gasteiger partial charge in [0.2, 0.25) is 0 Å². The van der Waals surface area contributed by atoms with Gasteiger partial charge in [0.1, 0.15) is 0 Å². The molecule has 0 radical (unpaired) electrons. The lowest BCUT2D eigenvalue weighted by Gasteiger charge is -2.35. The van der Waals surface area contributed by atoms with E-state index in [-0.39, 0.29) is 5.78 Å². The van der Waals surface area contributed by atoms with Gasteiger partial charge in [-0.3, -0.25) is 9.69 Å². The minimum Gasteiger partial charge on any atom is -0.293 e. The molecule has 0 aromatic carbocycles. The van der Waals surface area contributed by atoms with Gasteiger partial charge in [0.15, 0.2) is 5.78 Å². The number of likely N-dealkylation sites (N-methyl/N-ethyl adjacent to an activating group) is 1. The summed E-state index contributed by atoms with van der Waals surface area (Å²) in [6, 6.07) is 0.580. The van der Waals surface area contributed by atoms with Crippen molar-refractivity contribution in [3.8, 4) is 0 Å². The maximum absolute atomic E-state index is 11.2. The molecule has 1 saturated carbocycles. The molecule has 0 unspecified atom stereocenters. The summed E-state index contributed by atoms with van der Waals surface area (Å²) in [6.45, 7) is 0.619. The molecule has 0 amide bonds. The van der Waals surface area contributed by atoms with E-state index < -0.39 is 0 Å². The number of carbonyl (C=O) groups excluding carboxylic acids is 1. The Bertz CT molecular complexity index is 232. The van der Waals surface area contributed by atoms with Crippen LogP contribution < -0.4 is 0 Å². The van der Waals surface area contributed by atoms with Crippen molar-refractivity contribution < 1.29 is 4.79 Å². The van der Waals surface area contributed by atoms with Gasteiger partial charge in [-0.25, -0.2) is 0 Å². The van der Waals surface area contributed by atoms with Gasteiger partial charge in [-0.15, -0.1) is 0 Å². The standard InChI is InChI=1S/C10H15NO/c1-11-7-9(12)6-8-4-2-3-5-10(8)11/h6,10H,2-5,7H2,1H3/t10-/m1/s1. The molecule has 0 N–H and O–H groups in total. The van der Waals surface area contributed by atoms with Crippen LogP contribution in [0.15, 0.2) is 11.6 Å². The van der Waals surface area contributed by atoms with Crippen molar-refractivity contribution in [1.82, 2.24) is 4.90 Å². The molecule has 2 rings (SSSR count). The van der Waals surface area contributed by atoms with E-state index in [9.17, 15) is 4.79 Å². The molecule has 1 heterocycles. The molecule has 2 nitrogen and oxygen atoms in total. The van der Waals surface area contributed by atoms with Crippen LogP contribution in [0.2, 0.25) is 0 Å². The minimum atomic E-state index is 0.283. The second-order valence-electron chi connectivity index (χ2n) is 3.86. The van der Waals surface area contributed by atoms with Gasteiger partial charge in [0.25, 0.3) is 0 Å². The highest BCUT2D eigenvalue weighted by molar-refractivity contribution is 5.93. The maximum atomic E-state index is 11.2. The predicted octanol–water partition coefficient (Wildman–Crippen LogP) is 1.37. The minimum absolute atomic E-state index is 0.283. The molecule has 12 heavy (non-hydrogen) atoms. The number of ketones is 1. The van der Waals surface area contributed by atoms with E-state index in [0.29, 0.717) is 12.6 Å². The van der Waals surface area contributed by atoms with E-state index in [4.69, 9.17) is 0 Å². The fraction of sp³-hybridized carbons (Fsp3) is 0.700. The number of hydrogen-bond donors (Lipinski definition) is 0. The van der Waals surface area contributed by atoms with Gasteiger partial charge in [-0.05, 0) is 38.0 Å². The summed E-state index contributed by atoms with van der Waals surface area (Å²) in [6.07, 6.45) is 6.85. The fourth-order valence-corrected chi connectivity index (χ4v) is 2.30. The Morgan fingerprint density at radius 1 is 1.50 bits per heavy atom. The average Bonchev–Trinajstić information content (AvgIpc) is 2.04. The Balaban J connectivity index is 2.22. The summed E-state index contributed by atoms with van der Waals surface area (Å²) in [5.41, 5.74) is 1.38. The molecular weight excluding hydrogens is 150 g/mol. The first-order valence-electron chi connectivity index (χ1n) is 4.71. The van der Waals surface area contributed by atoms with E-state index in [1.165, 1.54) is 24.8 Å². The van der Waals surface area contributed by atoms with Crippen LogP contribution in [0, 0.1) is 0 Å². The molecule has 66 valence electrons. The number of rotatable bonds is 0. The van der Waals surface area contributed by atoms with Crippen LogP contribution in [0.1, 0.15) is 25.7 Å². The molecule has 2 aliphatic rings. The summed E-state index contributed by atoms with van der Waals surface area (Å²) >= 11 is 0. The smallest absolute Gasteiger partial charge is 0.169 e. The summed E-state index contributed by atoms with van der Waals surface area (Å²) in [5.74, 6) is 0.283. The second-order valence-corrected chi connectivity index (χ2v) is 3.86. The van der Waals surface area contributed by atoms with Gasteiger partial charge in [-0.1, -0.05) is 6.42 Å². The van der Waals surface area contributed by atoms with Crippen LogP contribution in [-0.2, 0) is 4.79 Å². The maximum Gasteiger partial charge on any atom is 0.169 e. The summed E-state index contributed by atoms with van der Waals surface area (Å²) in [7, 11) is 2.06. The average molecular weight is 165 g/mol. The van der Waals surface area contributed by atoms with Gasteiger partial charge < -0.3 is 0 Å². The highest BCUT2D eigenvalue weighted by Gasteiger charge is 2.27. The molecule has 0 spiro atoms. The van der Waals surface area contributed by atoms with Gasteiger partial charge >= 0.3 is 0 Å². The molecule has 0 aromatic rings. The molecule has 0 saturated heterocycles. The highest BCUT2D eigenvalue weighted by Crippen LogP contribution is 2.29. The van der Waals surface area contributed by atoms with Crippen LogP contribution in [0.25, 0.3) is 0 Å². The molecular formula is C10H15NO. The number of fused-ring (bicyclic) bond motifs is 1. The molecule has 1 aliphatic carbocycles. The fourth-order valence-electron chi connectivity index (χ4n) is 2.30. The monoisotopic (exact) mass is 165 g/mol. The molecule has 1 aliphatic heterocycles. The first-order chi connectivity index (χ1) is 5.77. The van der Waals surface area contributed by atoms with Crippen LogP contribution in [-0.4, -0.2) is 30.3 Å². The lowest BCUT2D eigenvalue weighted by atomic mass is 9.86. The highest BCUT2D eigenvalue weighted by atomic mass is 16.1. The van der Waals surface area contributed by atoms with Gasteiger partial charge in [-0.2, -0.15) is 0 Å². The van der Waals surface area contributed by atoms with Crippen molar-refractivity contribution in [2.24, 2.45) is 0 Å². The molecule has 1 fully saturated rings. The molecule has 2 heteroatoms. The van der Waals surface area contributed by atoms with Crippen molar-refractivity contribution in [2.45, 2.75) is 31.7 Å². The van der Waals surface area contributed by atoms with Crippen molar-refractivity contribution >= 4 is 5.78 Å². The van der Waals surface area contributed by atoms with E-state index in [0.717, 1.165) is 6.42 Å². The van der Waals surface area contributed by atoms with Crippen LogP contribution in [0.3, 0.4) is 0 Å². The normalized spacial score (nSPS) is 31.2. The first kappa shape index (κ1) is 7.99. The molecule has 1 atom stereocenters. The Morgan fingerprint density at radius 3 is 3.17 bits per heavy atom. The second kappa shape index (κ2) is 3.02. The summed E-state index contributed by atoms with van der Waals surface area (Å²) in [5, 5.41) is 0. The Labute approximate surface area is 73.2 Å². The zero-order chi connectivity index (χ0) is 8.55. The topological polar surface area (TPSA) is 20.3 Å². The summed E-state index contributed by atoms with van der Waals surface area (Å²) < 4.78 is 0. The van der Waals surface area contributed by atoms with E-state index >= 15 is 0 Å². The lowest BCUT2D eigenvalue weighted by Crippen LogP contribution is -2.42. The number of carbonyl (C=O) groups is 1. The zero-order valence-corrected chi connectivity index (χ0v) is 7.55. The summed E-state index contributed by atoms with van der Waals surface area (Å²) in [4.78, 5) is 13.4. The quantitative estimate of drug-likeness (QED) is 0.540. The SMILES string of the molecule is CN1CC(=O)C=C2CCCC[C@H]21. The van der Waals surface area contributed by atoms with Crippen molar-refractivity contribution in [3.05, 3.63) is 11.6 Å². The largest absolute Gasteiger partial charge is 0.293 e. The first-order valence-corrected chi connectivity index (χ1v) is 4.71. The van der Waals surface area contributed by atoms with Gasteiger partial charge in [0.05, 0.1) is 6.54 Å². The Morgan fingerprint density at radius 2 is 2.33 bits per heavy atom. The van der Waals surface area contributed by atoms with Crippen LogP contribution >= 0.6 is 0 Å². The van der Waals surface area contributed by atoms with Gasteiger partial charge in [0, 0.05) is 6.04 Å².